The first kappa shape index (κ1) is 60.7. The minimum Gasteiger partial charge on any atom is -0.494 e. The molecule has 11 rings (SSSR count). The number of ether oxygens (including phenoxy) is 3. The van der Waals surface area contributed by atoms with Crippen molar-refractivity contribution >= 4 is 56.3 Å². The van der Waals surface area contributed by atoms with Gasteiger partial charge in [-0.25, -0.2) is 18.7 Å². The van der Waals surface area contributed by atoms with Gasteiger partial charge in [0.25, 0.3) is 11.1 Å². The Morgan fingerprint density at radius 3 is 1.40 bits per heavy atom. The predicted octanol–water partition coefficient (Wildman–Crippen LogP) is 8.21. The third kappa shape index (κ3) is 13.2. The summed E-state index contributed by atoms with van der Waals surface area (Å²) in [5.41, 5.74) is 4.86. The highest BCUT2D eigenvalue weighted by Gasteiger charge is 2.26. The van der Waals surface area contributed by atoms with Crippen LogP contribution in [0.15, 0.2) is 153 Å². The van der Waals surface area contributed by atoms with Gasteiger partial charge in [0, 0.05) is 49.7 Å². The molecule has 7 heterocycles. The maximum atomic E-state index is 14.3. The third-order valence-electron chi connectivity index (χ3n) is 16.6. The van der Waals surface area contributed by atoms with Crippen molar-refractivity contribution in [3.05, 3.63) is 209 Å². The Balaban J connectivity index is 0.655. The van der Waals surface area contributed by atoms with E-state index in [4.69, 9.17) is 14.2 Å². The number of ketones is 2. The fourth-order valence-corrected chi connectivity index (χ4v) is 12.1. The molecule has 21 nitrogen and oxygen atoms in total. The van der Waals surface area contributed by atoms with Crippen molar-refractivity contribution in [2.45, 2.75) is 65.5 Å². The lowest BCUT2D eigenvalue weighted by Gasteiger charge is -2.30. The number of hydrogen-bond acceptors (Lipinski definition) is 13. The summed E-state index contributed by atoms with van der Waals surface area (Å²) in [7, 11) is 0. The average Bonchev–Trinajstić information content (AvgIpc) is 1.83. The summed E-state index contributed by atoms with van der Waals surface area (Å²) in [4.78, 5) is 113. The van der Waals surface area contributed by atoms with Gasteiger partial charge in [-0.05, 0) is 185 Å². The second-order valence-corrected chi connectivity index (χ2v) is 22.4. The van der Waals surface area contributed by atoms with Gasteiger partial charge in [-0.2, -0.15) is 0 Å². The molecule has 21 heteroatoms. The number of carbonyl (C=O) groups excluding carboxylic acids is 2. The van der Waals surface area contributed by atoms with Crippen molar-refractivity contribution in [3.63, 3.8) is 0 Å². The number of carbonyl (C=O) groups is 4. The number of aromatic amines is 2. The van der Waals surface area contributed by atoms with E-state index in [0.29, 0.717) is 44.5 Å². The lowest BCUT2D eigenvalue weighted by atomic mass is 9.98. The maximum Gasteiger partial charge on any atom is 0.329 e. The fourth-order valence-electron chi connectivity index (χ4n) is 12.1. The van der Waals surface area contributed by atoms with Crippen LogP contribution in [0.4, 0.5) is 0 Å². The van der Waals surface area contributed by atoms with Gasteiger partial charge in [0.05, 0.1) is 81.8 Å². The predicted molar refractivity (Wildman–Crippen MR) is 337 cm³/mol. The topological polar surface area (TPSA) is 261 Å². The van der Waals surface area contributed by atoms with E-state index in [0.717, 1.165) is 136 Å². The molecule has 0 spiro atoms. The van der Waals surface area contributed by atoms with Crippen LogP contribution >= 0.6 is 0 Å². The Hall–Kier alpha value is -9.96. The van der Waals surface area contributed by atoms with E-state index < -0.39 is 47.5 Å². The lowest BCUT2D eigenvalue weighted by Crippen LogP contribution is -2.42. The smallest absolute Gasteiger partial charge is 0.329 e. The van der Waals surface area contributed by atoms with E-state index in [-0.39, 0.29) is 44.5 Å². The molecule has 4 N–H and O–H groups in total. The number of benzene rings is 4. The lowest BCUT2D eigenvalue weighted by molar-refractivity contribution is -0.138. The van der Waals surface area contributed by atoms with Gasteiger partial charge in [-0.1, -0.05) is 24.3 Å². The van der Waals surface area contributed by atoms with Crippen LogP contribution < -0.4 is 32.0 Å². The highest BCUT2D eigenvalue weighted by atomic mass is 16.5. The van der Waals surface area contributed by atoms with Gasteiger partial charge in [0.1, 0.15) is 24.6 Å². The average molecular weight is 1210 g/mol. The molecular formula is C68H68N8O13. The molecule has 1 aliphatic heterocycles. The van der Waals surface area contributed by atoms with Gasteiger partial charge in [-0.3, -0.25) is 33.7 Å². The second-order valence-electron chi connectivity index (χ2n) is 22.4. The highest BCUT2D eigenvalue weighted by Crippen LogP contribution is 2.36. The Labute approximate surface area is 509 Å². The first-order valence-corrected chi connectivity index (χ1v) is 29.9. The molecule has 0 radical (unpaired) electrons. The summed E-state index contributed by atoms with van der Waals surface area (Å²) in [5.74, 6) is -1.75. The monoisotopic (exact) mass is 1200 g/mol. The van der Waals surface area contributed by atoms with E-state index in [1.165, 1.54) is 36.4 Å². The van der Waals surface area contributed by atoms with Crippen LogP contribution in [0.25, 0.3) is 55.4 Å². The molecule has 6 aromatic heterocycles. The quantitative estimate of drug-likeness (QED) is 0.0279. The number of aliphatic carboxylic acids is 2. The minimum absolute atomic E-state index is 0.0945. The normalized spacial score (nSPS) is 12.8. The Morgan fingerprint density at radius 2 is 0.978 bits per heavy atom. The van der Waals surface area contributed by atoms with Crippen molar-refractivity contribution in [1.29, 1.82) is 0 Å². The Kier molecular flexibility index (Phi) is 18.4. The number of carboxylic acid groups (broad SMARTS) is 2. The van der Waals surface area contributed by atoms with Gasteiger partial charge < -0.3 is 48.1 Å². The number of unbranched alkanes of at least 4 members (excludes halogenated alkanes) is 4. The first-order valence-electron chi connectivity index (χ1n) is 29.9. The summed E-state index contributed by atoms with van der Waals surface area (Å²) in [6, 6.07) is 35.8. The zero-order chi connectivity index (χ0) is 62.3. The molecule has 1 fully saturated rings. The van der Waals surface area contributed by atoms with Crippen LogP contribution in [0.5, 0.6) is 11.5 Å². The maximum absolute atomic E-state index is 14.3. The van der Waals surface area contributed by atoms with Crippen LogP contribution in [0.1, 0.15) is 81.5 Å². The number of H-pyrrole nitrogens is 2. The van der Waals surface area contributed by atoms with Crippen LogP contribution in [0.3, 0.4) is 0 Å². The van der Waals surface area contributed by atoms with Crippen molar-refractivity contribution in [2.24, 2.45) is 0 Å². The number of morpholine rings is 1. The van der Waals surface area contributed by atoms with E-state index in [2.05, 4.69) is 19.8 Å². The molecule has 1 saturated heterocycles. The van der Waals surface area contributed by atoms with Gasteiger partial charge in [0.2, 0.25) is 0 Å². The first-order chi connectivity index (χ1) is 43.1. The Morgan fingerprint density at radius 1 is 0.539 bits per heavy atom. The highest BCUT2D eigenvalue weighted by molar-refractivity contribution is 6.17. The number of hydrogen-bond donors (Lipinski definition) is 4. The number of rotatable bonds is 27. The molecule has 0 unspecified atom stereocenters. The van der Waals surface area contributed by atoms with Gasteiger partial charge in [0.15, 0.2) is 11.6 Å². The summed E-state index contributed by atoms with van der Waals surface area (Å²) >= 11 is 0. The molecule has 0 bridgehead atoms. The van der Waals surface area contributed by atoms with Crippen molar-refractivity contribution in [2.75, 3.05) is 65.7 Å². The molecule has 0 atom stereocenters. The van der Waals surface area contributed by atoms with Crippen molar-refractivity contribution < 1.29 is 43.6 Å². The van der Waals surface area contributed by atoms with Crippen molar-refractivity contribution in [3.8, 4) is 34.0 Å². The van der Waals surface area contributed by atoms with Crippen LogP contribution in [-0.2, 0) is 27.4 Å². The van der Waals surface area contributed by atoms with Gasteiger partial charge >= 0.3 is 23.3 Å². The molecule has 1 aliphatic rings. The molecule has 0 amide bonds. The molecular weight excluding hydrogens is 1140 g/mol. The zero-order valence-corrected chi connectivity index (χ0v) is 49.5. The van der Waals surface area contributed by atoms with E-state index in [1.54, 1.807) is 0 Å². The second kappa shape index (κ2) is 27.0. The van der Waals surface area contributed by atoms with Gasteiger partial charge in [-0.15, -0.1) is 0 Å². The standard InChI is InChI=1S/C68H68N8O13/c1-43-59(63(81)47-19-25-51-53(39-47)69-67(85)75(65(51)83)41-57(77)78)55-13-5-9-29-73(55)61(43)45-15-21-49(22-16-45)88-35-11-3-7-27-71(31-32-72-33-37-87-38-34-72)28-8-4-12-36-89-50-23-17-46(18-24-50)62-44(2)60(56-14-6-10-30-74(56)62)64(82)48-20-26-52-54(40-48)70-68(86)76(66(52)84)42-58(79)80/h5-6,9-10,13-26,29-30,39-40H,3-4,7-8,11-12,27-28,31-38,41-42H2,1-2H3,(H,69,85)(H,70,86)(H,77,78)(H,79,80). The molecule has 0 saturated carbocycles. The minimum atomic E-state index is -1.33. The molecule has 0 aliphatic carbocycles. The largest absolute Gasteiger partial charge is 0.494 e. The SMILES string of the molecule is Cc1c(C(=O)c2ccc3c(=O)n(CC(=O)O)c(=O)[nH]c3c2)c2ccccn2c1-c1ccc(OCCCCCN(CCCCCOc2ccc(-c3c(C)c(C(=O)c4ccc5c(=O)n(CC(=O)O)c(=O)[nH]c5c4)c4ccccn34)cc2)CCN2CCOCC2)cc1. The van der Waals surface area contributed by atoms with E-state index in [9.17, 15) is 48.6 Å². The summed E-state index contributed by atoms with van der Waals surface area (Å²) in [6.45, 7) is 10.8. The molecule has 4 aromatic carbocycles. The van der Waals surface area contributed by atoms with E-state index in [1.807, 2.05) is 120 Å². The number of pyridine rings is 2. The summed E-state index contributed by atoms with van der Waals surface area (Å²) < 4.78 is 23.3. The zero-order valence-electron chi connectivity index (χ0n) is 49.5. The molecule has 10 aromatic rings. The van der Waals surface area contributed by atoms with Crippen LogP contribution in [-0.4, -0.2) is 137 Å². The molecule has 89 heavy (non-hydrogen) atoms. The fraction of sp³-hybridized carbons (Fsp3) is 0.294. The van der Waals surface area contributed by atoms with Crippen LogP contribution in [0, 0.1) is 13.8 Å². The number of fused-ring (bicyclic) bond motifs is 4. The van der Waals surface area contributed by atoms with Crippen LogP contribution in [0.2, 0.25) is 0 Å². The van der Waals surface area contributed by atoms with Crippen molar-refractivity contribution in [1.82, 2.24) is 37.7 Å². The number of nitrogens with zero attached hydrogens (tertiary/aromatic N) is 6. The van der Waals surface area contributed by atoms with E-state index >= 15 is 0 Å². The molecule has 458 valence electrons. The number of nitrogens with one attached hydrogen (secondary N) is 2. The number of aromatic nitrogens is 6. The summed E-state index contributed by atoms with van der Waals surface area (Å²) in [6.07, 6.45) is 9.74. The summed E-state index contributed by atoms with van der Waals surface area (Å²) in [5, 5.41) is 18.6. The third-order valence-corrected chi connectivity index (χ3v) is 16.6. The number of carboxylic acids is 2. The Bertz CT molecular complexity index is 4290.